The summed E-state index contributed by atoms with van der Waals surface area (Å²) >= 11 is 12.2. The number of carbonyl (C=O) groups excluding carboxylic acids is 2. The van der Waals surface area contributed by atoms with Gasteiger partial charge in [-0.2, -0.15) is 0 Å². The zero-order valence-corrected chi connectivity index (χ0v) is 22.3. The fraction of sp³-hybridized carbons (Fsp3) is 0.417. The van der Waals surface area contributed by atoms with Crippen molar-refractivity contribution in [3.63, 3.8) is 0 Å². The maximum Gasteiger partial charge on any atom is 0.244 e. The molecule has 0 aliphatic heterocycles. The highest BCUT2D eigenvalue weighted by Crippen LogP contribution is 2.30. The summed E-state index contributed by atoms with van der Waals surface area (Å²) in [6.07, 6.45) is 1.50. The normalized spacial score (nSPS) is 12.7. The van der Waals surface area contributed by atoms with Gasteiger partial charge in [-0.1, -0.05) is 53.5 Å². The monoisotopic (exact) mass is 527 g/mol. The second kappa shape index (κ2) is 11.4. The number of hydrogen-bond donors (Lipinski definition) is 1. The summed E-state index contributed by atoms with van der Waals surface area (Å²) in [7, 11) is -3.87. The molecule has 2 aromatic carbocycles. The Morgan fingerprint density at radius 3 is 2.21 bits per heavy atom. The van der Waals surface area contributed by atoms with Gasteiger partial charge in [-0.3, -0.25) is 13.9 Å². The number of hydrogen-bond acceptors (Lipinski definition) is 4. The molecule has 10 heteroatoms. The number of nitrogens with one attached hydrogen (secondary N) is 1. The number of sulfonamides is 1. The van der Waals surface area contributed by atoms with Gasteiger partial charge in [0.2, 0.25) is 21.8 Å². The van der Waals surface area contributed by atoms with Crippen molar-refractivity contribution < 1.29 is 18.0 Å². The van der Waals surface area contributed by atoms with Gasteiger partial charge in [0.05, 0.1) is 17.0 Å². The fourth-order valence-electron chi connectivity index (χ4n) is 3.32. The van der Waals surface area contributed by atoms with Crippen LogP contribution in [0, 0.1) is 0 Å². The van der Waals surface area contributed by atoms with E-state index in [-0.39, 0.29) is 23.2 Å². The Balaban J connectivity index is 2.36. The number of amides is 2. The molecule has 2 rings (SSSR count). The van der Waals surface area contributed by atoms with Gasteiger partial charge in [-0.05, 0) is 57.9 Å². The topological polar surface area (TPSA) is 86.8 Å². The first kappa shape index (κ1) is 28.0. The second-order valence-corrected chi connectivity index (χ2v) is 11.9. The van der Waals surface area contributed by atoms with Gasteiger partial charge in [-0.25, -0.2) is 8.42 Å². The van der Waals surface area contributed by atoms with Crippen LogP contribution in [0.15, 0.2) is 48.5 Å². The van der Waals surface area contributed by atoms with E-state index >= 15 is 0 Å². The minimum Gasteiger partial charge on any atom is -0.350 e. The maximum atomic E-state index is 13.5. The van der Waals surface area contributed by atoms with Gasteiger partial charge in [0, 0.05) is 17.1 Å². The molecule has 0 unspecified atom stereocenters. The summed E-state index contributed by atoms with van der Waals surface area (Å²) in [5.41, 5.74) is 0.635. The smallest absolute Gasteiger partial charge is 0.244 e. The summed E-state index contributed by atoms with van der Waals surface area (Å²) in [6.45, 7) is 6.89. The Labute approximate surface area is 212 Å². The van der Waals surface area contributed by atoms with E-state index in [1.54, 1.807) is 6.92 Å². The number of halogens is 2. The average molecular weight is 529 g/mol. The molecule has 0 spiro atoms. The lowest BCUT2D eigenvalue weighted by molar-refractivity contribution is -0.139. The Morgan fingerprint density at radius 2 is 1.68 bits per heavy atom. The van der Waals surface area contributed by atoms with Crippen LogP contribution in [-0.4, -0.2) is 56.1 Å². The molecule has 0 saturated heterocycles. The van der Waals surface area contributed by atoms with Crippen LogP contribution in [0.25, 0.3) is 0 Å². The number of rotatable bonds is 9. The van der Waals surface area contributed by atoms with Crippen LogP contribution in [0.3, 0.4) is 0 Å². The molecule has 34 heavy (non-hydrogen) atoms. The number of anilines is 1. The van der Waals surface area contributed by atoms with E-state index in [4.69, 9.17) is 23.2 Å². The lowest BCUT2D eigenvalue weighted by atomic mass is 10.1. The van der Waals surface area contributed by atoms with Crippen LogP contribution in [0.4, 0.5) is 5.69 Å². The van der Waals surface area contributed by atoms with E-state index in [9.17, 15) is 18.0 Å². The molecule has 0 radical (unpaired) electrons. The zero-order valence-electron chi connectivity index (χ0n) is 20.0. The molecule has 1 atom stereocenters. The van der Waals surface area contributed by atoms with Crippen LogP contribution in [0.2, 0.25) is 10.0 Å². The molecule has 2 aromatic rings. The molecule has 0 fully saturated rings. The van der Waals surface area contributed by atoms with Gasteiger partial charge < -0.3 is 10.2 Å². The molecule has 0 bridgehead atoms. The van der Waals surface area contributed by atoms with Gasteiger partial charge >= 0.3 is 0 Å². The minimum absolute atomic E-state index is 0.0973. The summed E-state index contributed by atoms with van der Waals surface area (Å²) in [6, 6.07) is 13.1. The summed E-state index contributed by atoms with van der Waals surface area (Å²) < 4.78 is 26.1. The fourth-order valence-corrected chi connectivity index (χ4v) is 4.74. The largest absolute Gasteiger partial charge is 0.350 e. The van der Waals surface area contributed by atoms with Crippen molar-refractivity contribution in [3.8, 4) is 0 Å². The van der Waals surface area contributed by atoms with Gasteiger partial charge in [0.15, 0.2) is 0 Å². The van der Waals surface area contributed by atoms with Crippen molar-refractivity contribution in [2.24, 2.45) is 0 Å². The first-order chi connectivity index (χ1) is 15.7. The Morgan fingerprint density at radius 1 is 1.06 bits per heavy atom. The standard InChI is InChI=1S/C24H31Cl2N3O4S/c1-17(23(31)27-24(2,3)4)28(14-13-18-9-7-6-8-10-18)22(30)16-29(34(5,32)33)21-12-11-19(25)15-20(21)26/h6-12,15,17H,13-14,16H2,1-5H3,(H,27,31)/t17-/m0/s1. The predicted molar refractivity (Wildman–Crippen MR) is 138 cm³/mol. The highest BCUT2D eigenvalue weighted by Gasteiger charge is 2.31. The summed E-state index contributed by atoms with van der Waals surface area (Å²) in [5, 5.41) is 3.32. The van der Waals surface area contributed by atoms with Crippen LogP contribution < -0.4 is 9.62 Å². The number of nitrogens with zero attached hydrogens (tertiary/aromatic N) is 2. The van der Waals surface area contributed by atoms with E-state index in [2.05, 4.69) is 5.32 Å². The van der Waals surface area contributed by atoms with Gasteiger partial charge in [0.1, 0.15) is 12.6 Å². The molecule has 0 saturated carbocycles. The zero-order chi connectivity index (χ0) is 25.7. The third kappa shape index (κ3) is 8.18. The van der Waals surface area contributed by atoms with E-state index < -0.39 is 34.1 Å². The van der Waals surface area contributed by atoms with E-state index in [1.807, 2.05) is 51.1 Å². The molecule has 1 N–H and O–H groups in total. The lowest BCUT2D eigenvalue weighted by Gasteiger charge is -2.33. The van der Waals surface area contributed by atoms with E-state index in [1.165, 1.54) is 23.1 Å². The molecule has 0 aliphatic carbocycles. The van der Waals surface area contributed by atoms with Crippen molar-refractivity contribution in [1.82, 2.24) is 10.2 Å². The molecule has 0 aliphatic rings. The van der Waals surface area contributed by atoms with Crippen LogP contribution in [0.1, 0.15) is 33.3 Å². The Kier molecular flexibility index (Phi) is 9.39. The first-order valence-electron chi connectivity index (χ1n) is 10.8. The maximum absolute atomic E-state index is 13.5. The van der Waals surface area contributed by atoms with Crippen molar-refractivity contribution in [1.29, 1.82) is 0 Å². The third-order valence-corrected chi connectivity index (χ3v) is 6.67. The Hall–Kier alpha value is -2.29. The molecular formula is C24H31Cl2N3O4S. The van der Waals surface area contributed by atoms with Crippen molar-refractivity contribution in [2.45, 2.75) is 45.7 Å². The van der Waals surface area contributed by atoms with Crippen LogP contribution in [-0.2, 0) is 26.0 Å². The van der Waals surface area contributed by atoms with Gasteiger partial charge in [0.25, 0.3) is 0 Å². The van der Waals surface area contributed by atoms with E-state index in [0.29, 0.717) is 11.4 Å². The first-order valence-corrected chi connectivity index (χ1v) is 13.4. The van der Waals surface area contributed by atoms with Crippen molar-refractivity contribution in [2.75, 3.05) is 23.7 Å². The van der Waals surface area contributed by atoms with Crippen molar-refractivity contribution in [3.05, 3.63) is 64.1 Å². The molecular weight excluding hydrogens is 497 g/mol. The molecule has 2 amide bonds. The average Bonchev–Trinajstić information content (AvgIpc) is 2.71. The highest BCUT2D eigenvalue weighted by atomic mass is 35.5. The van der Waals surface area contributed by atoms with E-state index in [0.717, 1.165) is 16.1 Å². The SMILES string of the molecule is C[C@@H](C(=O)NC(C)(C)C)N(CCc1ccccc1)C(=O)CN(c1ccc(Cl)cc1Cl)S(C)(=O)=O. The number of benzene rings is 2. The third-order valence-electron chi connectivity index (χ3n) is 5.01. The van der Waals surface area contributed by atoms with Crippen LogP contribution in [0.5, 0.6) is 0 Å². The molecule has 186 valence electrons. The molecule has 0 aromatic heterocycles. The van der Waals surface area contributed by atoms with Gasteiger partial charge in [-0.15, -0.1) is 0 Å². The van der Waals surface area contributed by atoms with Crippen LogP contribution >= 0.6 is 23.2 Å². The summed E-state index contributed by atoms with van der Waals surface area (Å²) in [4.78, 5) is 27.7. The Bertz CT molecular complexity index is 1120. The summed E-state index contributed by atoms with van der Waals surface area (Å²) in [5.74, 6) is -0.853. The number of carbonyl (C=O) groups is 2. The second-order valence-electron chi connectivity index (χ2n) is 9.10. The minimum atomic E-state index is -3.87. The molecule has 0 heterocycles. The predicted octanol–water partition coefficient (Wildman–Crippen LogP) is 4.13. The quantitative estimate of drug-likeness (QED) is 0.530. The van der Waals surface area contributed by atoms with Crippen molar-refractivity contribution >= 4 is 50.7 Å². The highest BCUT2D eigenvalue weighted by molar-refractivity contribution is 7.92. The lowest BCUT2D eigenvalue weighted by Crippen LogP contribution is -2.55. The molecule has 7 nitrogen and oxygen atoms in total.